The Balaban J connectivity index is 2.73. The van der Waals surface area contributed by atoms with Crippen molar-refractivity contribution in [2.45, 2.75) is 19.8 Å². The molecule has 0 bridgehead atoms. The number of carboxylic acids is 1. The normalized spacial score (nSPS) is 11.9. The Morgan fingerprint density at radius 2 is 2.25 bits per heavy atom. The first-order valence-corrected chi connectivity index (χ1v) is 7.09. The van der Waals surface area contributed by atoms with Crippen LogP contribution in [0.15, 0.2) is 28.4 Å². The highest BCUT2D eigenvalue weighted by Crippen LogP contribution is 2.20. The molecule has 0 amide bonds. The van der Waals surface area contributed by atoms with Crippen LogP contribution in [0.2, 0.25) is 0 Å². The number of unbranched alkanes of at least 4 members (excludes halogenated alkanes) is 1. The predicted molar refractivity (Wildman–Crippen MR) is 81.6 cm³/mol. The van der Waals surface area contributed by atoms with Crippen LogP contribution < -0.4 is 5.73 Å². The third-order valence-corrected chi connectivity index (χ3v) is 3.27. The quantitative estimate of drug-likeness (QED) is 0.323. The fraction of sp³-hybridized carbons (Fsp3) is 0.308. The van der Waals surface area contributed by atoms with E-state index in [4.69, 9.17) is 10.8 Å². The largest absolute Gasteiger partial charge is 0.506 e. The van der Waals surface area contributed by atoms with E-state index in [-0.39, 0.29) is 16.9 Å². The van der Waals surface area contributed by atoms with Gasteiger partial charge in [-0.15, -0.1) is 5.10 Å². The van der Waals surface area contributed by atoms with E-state index in [1.807, 2.05) is 0 Å². The van der Waals surface area contributed by atoms with Gasteiger partial charge in [-0.05, 0) is 18.6 Å². The number of nitrogens with two attached hydrogens (primary N) is 1. The number of carbonyl (C=O) groups is 1. The van der Waals surface area contributed by atoms with Gasteiger partial charge in [0, 0.05) is 11.3 Å². The number of thioether (sulfide) groups is 1. The molecule has 108 valence electrons. The van der Waals surface area contributed by atoms with Crippen LogP contribution in [0.25, 0.3) is 0 Å². The molecule has 0 aliphatic carbocycles. The second kappa shape index (κ2) is 8.21. The number of para-hydroxylation sites is 1. The highest BCUT2D eigenvalue weighted by atomic mass is 32.2. The van der Waals surface area contributed by atoms with Crippen molar-refractivity contribution in [2.75, 3.05) is 5.75 Å². The summed E-state index contributed by atoms with van der Waals surface area (Å²) in [7, 11) is 0. The Morgan fingerprint density at radius 1 is 1.50 bits per heavy atom. The molecule has 0 fully saturated rings. The van der Waals surface area contributed by atoms with E-state index in [2.05, 4.69) is 17.1 Å². The van der Waals surface area contributed by atoms with Crippen molar-refractivity contribution in [1.29, 1.82) is 0 Å². The van der Waals surface area contributed by atoms with Crippen LogP contribution in [0, 0.1) is 0 Å². The smallest absolute Gasteiger partial charge is 0.339 e. The molecule has 0 unspecified atom stereocenters. The average molecular weight is 295 g/mol. The number of carboxylic acid groups (broad SMARTS) is 1. The van der Waals surface area contributed by atoms with E-state index in [0.29, 0.717) is 5.17 Å². The molecule has 0 heterocycles. The zero-order chi connectivity index (χ0) is 15.0. The molecule has 0 aromatic heterocycles. The first-order valence-electron chi connectivity index (χ1n) is 6.10. The number of phenols is 1. The third-order valence-electron chi connectivity index (χ3n) is 2.40. The minimum atomic E-state index is -1.20. The molecule has 0 radical (unpaired) electrons. The summed E-state index contributed by atoms with van der Waals surface area (Å²) in [6, 6.07) is 4.38. The van der Waals surface area contributed by atoms with Gasteiger partial charge in [0.1, 0.15) is 11.3 Å². The van der Waals surface area contributed by atoms with Gasteiger partial charge in [-0.3, -0.25) is 0 Å². The molecule has 0 aliphatic rings. The molecular weight excluding hydrogens is 278 g/mol. The average Bonchev–Trinajstić information content (AvgIpc) is 2.40. The molecule has 0 saturated heterocycles. The Bertz CT molecular complexity index is 530. The van der Waals surface area contributed by atoms with E-state index in [9.17, 15) is 9.90 Å². The maximum Gasteiger partial charge on any atom is 0.339 e. The van der Waals surface area contributed by atoms with Gasteiger partial charge in [0.2, 0.25) is 0 Å². The second-order valence-corrected chi connectivity index (χ2v) is 5.05. The topological polar surface area (TPSA) is 108 Å². The van der Waals surface area contributed by atoms with Crippen molar-refractivity contribution in [1.82, 2.24) is 0 Å². The number of benzene rings is 1. The minimum absolute atomic E-state index is 0.178. The van der Waals surface area contributed by atoms with E-state index >= 15 is 0 Å². The van der Waals surface area contributed by atoms with Crippen LogP contribution >= 0.6 is 11.8 Å². The Morgan fingerprint density at radius 3 is 2.90 bits per heavy atom. The molecule has 1 rings (SSSR count). The molecule has 6 nitrogen and oxygen atoms in total. The summed E-state index contributed by atoms with van der Waals surface area (Å²) in [6.45, 7) is 2.09. The summed E-state index contributed by atoms with van der Waals surface area (Å²) in [6.07, 6.45) is 3.40. The van der Waals surface area contributed by atoms with Crippen molar-refractivity contribution in [3.8, 4) is 5.75 Å². The van der Waals surface area contributed by atoms with Crippen LogP contribution in [-0.2, 0) is 0 Å². The number of amidine groups is 1. The standard InChI is InChI=1S/C13H17N3O3S/c1-2-3-7-20-13(14)16-15-8-9-5-4-6-10(11(9)17)12(18)19/h4-6,8,17H,2-3,7H2,1H3,(H2,14,16)(H,18,19)/b15-8-. The lowest BCUT2D eigenvalue weighted by Crippen LogP contribution is -2.06. The molecule has 0 saturated carbocycles. The van der Waals surface area contributed by atoms with E-state index in [1.54, 1.807) is 6.07 Å². The summed E-state index contributed by atoms with van der Waals surface area (Å²) in [4.78, 5) is 10.8. The van der Waals surface area contributed by atoms with Crippen LogP contribution in [0.3, 0.4) is 0 Å². The number of hydrogen-bond donors (Lipinski definition) is 3. The Kier molecular flexibility index (Phi) is 6.58. The first kappa shape index (κ1) is 16.0. The van der Waals surface area contributed by atoms with Crippen LogP contribution in [-0.4, -0.2) is 33.3 Å². The number of aromatic hydroxyl groups is 1. The first-order chi connectivity index (χ1) is 9.56. The lowest BCUT2D eigenvalue weighted by molar-refractivity contribution is 0.0693. The van der Waals surface area contributed by atoms with Gasteiger partial charge in [-0.1, -0.05) is 31.2 Å². The number of hydrogen-bond acceptors (Lipinski definition) is 5. The van der Waals surface area contributed by atoms with Gasteiger partial charge in [-0.2, -0.15) is 5.10 Å². The summed E-state index contributed by atoms with van der Waals surface area (Å²) in [5.74, 6) is -0.659. The van der Waals surface area contributed by atoms with E-state index < -0.39 is 5.97 Å². The minimum Gasteiger partial charge on any atom is -0.506 e. The van der Waals surface area contributed by atoms with Crippen molar-refractivity contribution >= 4 is 29.1 Å². The SMILES string of the molecule is CCCCSC(N)=N/N=C\c1cccc(C(=O)O)c1O. The van der Waals surface area contributed by atoms with Crippen molar-refractivity contribution in [3.63, 3.8) is 0 Å². The second-order valence-electron chi connectivity index (χ2n) is 3.93. The Labute approximate surface area is 121 Å². The molecule has 1 aromatic rings. The highest BCUT2D eigenvalue weighted by molar-refractivity contribution is 8.13. The number of rotatable bonds is 6. The molecule has 1 aromatic carbocycles. The Hall–Kier alpha value is -2.02. The molecule has 20 heavy (non-hydrogen) atoms. The molecular formula is C13H17N3O3S. The zero-order valence-electron chi connectivity index (χ0n) is 11.1. The van der Waals surface area contributed by atoms with Gasteiger partial charge in [0.25, 0.3) is 0 Å². The molecule has 0 spiro atoms. The lowest BCUT2D eigenvalue weighted by atomic mass is 10.1. The summed E-state index contributed by atoms with van der Waals surface area (Å²) in [5, 5.41) is 26.5. The monoisotopic (exact) mass is 295 g/mol. The van der Waals surface area contributed by atoms with Gasteiger partial charge in [0.15, 0.2) is 5.17 Å². The molecule has 4 N–H and O–H groups in total. The van der Waals surface area contributed by atoms with Gasteiger partial charge >= 0.3 is 5.97 Å². The van der Waals surface area contributed by atoms with Crippen LogP contribution in [0.5, 0.6) is 5.75 Å². The molecule has 0 aliphatic heterocycles. The lowest BCUT2D eigenvalue weighted by Gasteiger charge is -2.01. The van der Waals surface area contributed by atoms with E-state index in [1.165, 1.54) is 30.1 Å². The highest BCUT2D eigenvalue weighted by Gasteiger charge is 2.11. The third kappa shape index (κ3) is 4.93. The van der Waals surface area contributed by atoms with Crippen molar-refractivity contribution < 1.29 is 15.0 Å². The summed E-state index contributed by atoms with van der Waals surface area (Å²) < 4.78 is 0. The number of nitrogens with zero attached hydrogens (tertiary/aromatic N) is 2. The predicted octanol–water partition coefficient (Wildman–Crippen LogP) is 2.27. The van der Waals surface area contributed by atoms with Crippen molar-refractivity contribution in [2.24, 2.45) is 15.9 Å². The maximum absolute atomic E-state index is 10.8. The van der Waals surface area contributed by atoms with Crippen molar-refractivity contribution in [3.05, 3.63) is 29.3 Å². The van der Waals surface area contributed by atoms with Gasteiger partial charge in [0.05, 0.1) is 6.21 Å². The number of aromatic carboxylic acids is 1. The van der Waals surface area contributed by atoms with Gasteiger partial charge < -0.3 is 15.9 Å². The zero-order valence-corrected chi connectivity index (χ0v) is 11.9. The van der Waals surface area contributed by atoms with Crippen LogP contribution in [0.1, 0.15) is 35.7 Å². The fourth-order valence-electron chi connectivity index (χ4n) is 1.34. The summed E-state index contributed by atoms with van der Waals surface area (Å²) in [5.41, 5.74) is 5.74. The fourth-order valence-corrected chi connectivity index (χ4v) is 2.08. The maximum atomic E-state index is 10.8. The van der Waals surface area contributed by atoms with Gasteiger partial charge in [-0.25, -0.2) is 4.79 Å². The molecule has 0 atom stereocenters. The molecule has 7 heteroatoms. The summed E-state index contributed by atoms with van der Waals surface area (Å²) >= 11 is 1.41. The van der Waals surface area contributed by atoms with Crippen LogP contribution in [0.4, 0.5) is 0 Å². The van der Waals surface area contributed by atoms with E-state index in [0.717, 1.165) is 18.6 Å².